The smallest absolute Gasteiger partial charge is 0.258 e. The van der Waals surface area contributed by atoms with Crippen molar-refractivity contribution in [3.05, 3.63) is 83.2 Å². The fourth-order valence-corrected chi connectivity index (χ4v) is 2.83. The second kappa shape index (κ2) is 6.84. The monoisotopic (exact) mass is 382 g/mol. The lowest BCUT2D eigenvalue weighted by atomic mass is 10.1. The van der Waals surface area contributed by atoms with Crippen molar-refractivity contribution < 1.29 is 22.4 Å². The molecule has 4 aromatic rings. The van der Waals surface area contributed by atoms with Crippen LogP contribution in [0.25, 0.3) is 22.6 Å². The lowest BCUT2D eigenvalue weighted by Crippen LogP contribution is -2.15. The van der Waals surface area contributed by atoms with Gasteiger partial charge in [0.25, 0.3) is 5.91 Å². The third-order valence-corrected chi connectivity index (χ3v) is 4.30. The Morgan fingerprint density at radius 2 is 1.79 bits per heavy atom. The fourth-order valence-electron chi connectivity index (χ4n) is 2.83. The summed E-state index contributed by atoms with van der Waals surface area (Å²) in [5.41, 5.74) is 2.54. The first-order valence-corrected chi connectivity index (χ1v) is 8.35. The molecule has 1 aromatic heterocycles. The van der Waals surface area contributed by atoms with Gasteiger partial charge in [-0.3, -0.25) is 4.79 Å². The quantitative estimate of drug-likeness (QED) is 0.478. The van der Waals surface area contributed by atoms with E-state index in [4.69, 9.17) is 4.42 Å². The Bertz CT molecular complexity index is 1220. The van der Waals surface area contributed by atoms with Crippen molar-refractivity contribution in [1.82, 2.24) is 4.98 Å². The van der Waals surface area contributed by atoms with Crippen LogP contribution in [-0.2, 0) is 0 Å². The number of carbonyl (C=O) groups is 1. The van der Waals surface area contributed by atoms with E-state index in [1.54, 1.807) is 12.1 Å². The zero-order chi connectivity index (χ0) is 19.8. The number of aryl methyl sites for hydroxylation is 1. The molecular formula is C21H13F3N2O2. The van der Waals surface area contributed by atoms with Crippen LogP contribution in [0.15, 0.2) is 59.0 Å². The van der Waals surface area contributed by atoms with Gasteiger partial charge in [0.05, 0.1) is 5.56 Å². The van der Waals surface area contributed by atoms with Gasteiger partial charge in [0.2, 0.25) is 5.89 Å². The van der Waals surface area contributed by atoms with Gasteiger partial charge in [0, 0.05) is 17.3 Å². The van der Waals surface area contributed by atoms with Gasteiger partial charge in [-0.1, -0.05) is 18.2 Å². The molecule has 1 N–H and O–H groups in total. The van der Waals surface area contributed by atoms with E-state index in [2.05, 4.69) is 10.3 Å². The van der Waals surface area contributed by atoms with Crippen LogP contribution in [0.4, 0.5) is 18.9 Å². The molecule has 0 radical (unpaired) electrons. The molecule has 0 fully saturated rings. The summed E-state index contributed by atoms with van der Waals surface area (Å²) in [7, 11) is 0. The van der Waals surface area contributed by atoms with Crippen LogP contribution < -0.4 is 5.32 Å². The van der Waals surface area contributed by atoms with Gasteiger partial charge in [0.1, 0.15) is 5.52 Å². The number of nitrogens with one attached hydrogen (secondary N) is 1. The van der Waals surface area contributed by atoms with Crippen LogP contribution in [0.2, 0.25) is 0 Å². The van der Waals surface area contributed by atoms with E-state index >= 15 is 0 Å². The Labute approximate surface area is 157 Å². The van der Waals surface area contributed by atoms with Crippen molar-refractivity contribution >= 4 is 22.7 Å². The van der Waals surface area contributed by atoms with Crippen LogP contribution in [0.1, 0.15) is 15.9 Å². The van der Waals surface area contributed by atoms with Crippen molar-refractivity contribution in [2.45, 2.75) is 6.92 Å². The summed E-state index contributed by atoms with van der Waals surface area (Å²) in [6, 6.07) is 13.9. The number of carbonyl (C=O) groups excluding carboxylic acids is 1. The van der Waals surface area contributed by atoms with Crippen molar-refractivity contribution in [3.63, 3.8) is 0 Å². The molecule has 4 nitrogen and oxygen atoms in total. The molecular weight excluding hydrogens is 369 g/mol. The highest BCUT2D eigenvalue weighted by molar-refractivity contribution is 6.05. The Morgan fingerprint density at radius 3 is 2.57 bits per heavy atom. The lowest BCUT2D eigenvalue weighted by Gasteiger charge is -2.06. The molecule has 7 heteroatoms. The number of amides is 1. The van der Waals surface area contributed by atoms with Gasteiger partial charge < -0.3 is 9.73 Å². The number of hydrogen-bond acceptors (Lipinski definition) is 3. The minimum atomic E-state index is -1.69. The zero-order valence-electron chi connectivity index (χ0n) is 14.6. The number of hydrogen-bond donors (Lipinski definition) is 1. The average Bonchev–Trinajstić information content (AvgIpc) is 3.09. The molecule has 0 aliphatic rings. The third-order valence-electron chi connectivity index (χ3n) is 4.30. The molecule has 1 amide bonds. The number of aromatic nitrogens is 1. The average molecular weight is 382 g/mol. The number of benzene rings is 3. The van der Waals surface area contributed by atoms with Crippen molar-refractivity contribution in [1.29, 1.82) is 0 Å². The maximum atomic E-state index is 13.8. The highest BCUT2D eigenvalue weighted by atomic mass is 19.2. The van der Waals surface area contributed by atoms with E-state index in [0.717, 1.165) is 17.2 Å². The van der Waals surface area contributed by atoms with Gasteiger partial charge >= 0.3 is 0 Å². The van der Waals surface area contributed by atoms with Crippen LogP contribution in [0.3, 0.4) is 0 Å². The molecule has 140 valence electrons. The largest absolute Gasteiger partial charge is 0.436 e. The topological polar surface area (TPSA) is 55.1 Å². The van der Waals surface area contributed by atoms with Crippen LogP contribution in [0.5, 0.6) is 0 Å². The maximum Gasteiger partial charge on any atom is 0.258 e. The number of oxazole rings is 1. The summed E-state index contributed by atoms with van der Waals surface area (Å²) in [6.07, 6.45) is 0. The first-order valence-electron chi connectivity index (χ1n) is 8.35. The van der Waals surface area contributed by atoms with Crippen molar-refractivity contribution in [2.75, 3.05) is 5.32 Å². The fraction of sp³-hybridized carbons (Fsp3) is 0.0476. The van der Waals surface area contributed by atoms with Crippen LogP contribution >= 0.6 is 0 Å². The Hall–Kier alpha value is -3.61. The maximum absolute atomic E-state index is 13.8. The molecule has 1 heterocycles. The number of rotatable bonds is 3. The predicted molar refractivity (Wildman–Crippen MR) is 98.5 cm³/mol. The number of anilines is 1. The molecule has 0 saturated heterocycles. The van der Waals surface area contributed by atoms with Gasteiger partial charge in [-0.2, -0.15) is 0 Å². The zero-order valence-corrected chi connectivity index (χ0v) is 14.6. The summed E-state index contributed by atoms with van der Waals surface area (Å²) in [5, 5.41) is 2.44. The minimum absolute atomic E-state index is 0.300. The van der Waals surface area contributed by atoms with Gasteiger partial charge in [-0.05, 0) is 42.8 Å². The highest BCUT2D eigenvalue weighted by Gasteiger charge is 2.19. The number of fused-ring (bicyclic) bond motifs is 1. The normalized spacial score (nSPS) is 11.0. The van der Waals surface area contributed by atoms with Crippen LogP contribution in [-0.4, -0.2) is 10.9 Å². The van der Waals surface area contributed by atoms with Gasteiger partial charge in [-0.15, -0.1) is 0 Å². The molecule has 0 spiro atoms. The van der Waals surface area contributed by atoms with E-state index in [9.17, 15) is 18.0 Å². The van der Waals surface area contributed by atoms with E-state index in [1.807, 2.05) is 31.2 Å². The molecule has 0 atom stereocenters. The Morgan fingerprint density at radius 1 is 1.00 bits per heavy atom. The van der Waals surface area contributed by atoms with E-state index in [1.165, 1.54) is 6.07 Å². The first kappa shape index (κ1) is 17.8. The summed E-state index contributed by atoms with van der Waals surface area (Å²) in [4.78, 5) is 16.6. The molecule has 0 unspecified atom stereocenters. The highest BCUT2D eigenvalue weighted by Crippen LogP contribution is 2.28. The second-order valence-electron chi connectivity index (χ2n) is 6.19. The predicted octanol–water partition coefficient (Wildman–Crippen LogP) is 5.47. The Balaban J connectivity index is 1.64. The Kier molecular flexibility index (Phi) is 4.35. The SMILES string of the molecule is Cc1ccccc1-c1nc2ccc(NC(=O)c3ccc(F)c(F)c3F)cc2o1. The summed E-state index contributed by atoms with van der Waals surface area (Å²) >= 11 is 0. The summed E-state index contributed by atoms with van der Waals surface area (Å²) in [5.74, 6) is -5.07. The molecule has 28 heavy (non-hydrogen) atoms. The molecule has 3 aromatic carbocycles. The van der Waals surface area contributed by atoms with Crippen molar-refractivity contribution in [3.8, 4) is 11.5 Å². The standard InChI is InChI=1S/C21H13F3N2O2/c1-11-4-2-3-5-13(11)21-26-16-9-6-12(10-17(16)28-21)25-20(27)14-7-8-15(22)19(24)18(14)23/h2-10H,1H3,(H,25,27). The van der Waals surface area contributed by atoms with E-state index in [-0.39, 0.29) is 0 Å². The van der Waals surface area contributed by atoms with Crippen LogP contribution in [0, 0.1) is 24.4 Å². The van der Waals surface area contributed by atoms with E-state index in [0.29, 0.717) is 28.7 Å². The second-order valence-corrected chi connectivity index (χ2v) is 6.19. The van der Waals surface area contributed by atoms with E-state index < -0.39 is 28.9 Å². The molecule has 4 rings (SSSR count). The molecule has 0 saturated carbocycles. The molecule has 0 aliphatic heterocycles. The molecule has 0 aliphatic carbocycles. The lowest BCUT2D eigenvalue weighted by molar-refractivity contribution is 0.102. The third kappa shape index (κ3) is 3.11. The first-order chi connectivity index (χ1) is 13.4. The number of nitrogens with zero attached hydrogens (tertiary/aromatic N) is 1. The van der Waals surface area contributed by atoms with Crippen molar-refractivity contribution in [2.24, 2.45) is 0 Å². The number of halogens is 3. The summed E-state index contributed by atoms with van der Waals surface area (Å²) in [6.45, 7) is 1.94. The van der Waals surface area contributed by atoms with Gasteiger partial charge in [0.15, 0.2) is 23.0 Å². The minimum Gasteiger partial charge on any atom is -0.436 e. The molecule has 0 bridgehead atoms. The summed E-state index contributed by atoms with van der Waals surface area (Å²) < 4.78 is 45.9. The van der Waals surface area contributed by atoms with Gasteiger partial charge in [-0.25, -0.2) is 18.2 Å².